The van der Waals surface area contributed by atoms with Gasteiger partial charge in [0, 0.05) is 19.5 Å². The zero-order valence-corrected chi connectivity index (χ0v) is 6.93. The van der Waals surface area contributed by atoms with Gasteiger partial charge in [-0.25, -0.2) is 0 Å². The molecule has 0 unspecified atom stereocenters. The van der Waals surface area contributed by atoms with E-state index >= 15 is 0 Å². The van der Waals surface area contributed by atoms with Gasteiger partial charge in [-0.1, -0.05) is 0 Å². The summed E-state index contributed by atoms with van der Waals surface area (Å²) in [6.07, 6.45) is 0. The first-order valence-electron chi connectivity index (χ1n) is 0.183. The predicted molar refractivity (Wildman–Crippen MR) is 7.91 cm³/mol. The quantitative estimate of drug-likeness (QED) is 0.394. The molecule has 0 heterocycles. The van der Waals surface area contributed by atoms with Crippen molar-refractivity contribution in [3.8, 4) is 0 Å². The van der Waals surface area contributed by atoms with Crippen LogP contribution in [0.15, 0.2) is 0 Å². The van der Waals surface area contributed by atoms with Gasteiger partial charge in [0.2, 0.25) is 0 Å². The van der Waals surface area contributed by atoms with Crippen LogP contribution < -0.4 is 0 Å². The van der Waals surface area contributed by atoms with Crippen LogP contribution in [0.5, 0.6) is 0 Å². The minimum atomic E-state index is 0. The van der Waals surface area contributed by atoms with Gasteiger partial charge in [-0.3, -0.25) is 0 Å². The zero-order valence-electron chi connectivity index (χ0n) is 2.56. The molecular formula is H4O3VZn. The Labute approximate surface area is 51.7 Å². The summed E-state index contributed by atoms with van der Waals surface area (Å²) in [5.41, 5.74) is 0. The second kappa shape index (κ2) is 88.3. The van der Waals surface area contributed by atoms with E-state index in [0.29, 0.717) is 0 Å². The second-order valence-corrected chi connectivity index (χ2v) is 0. The first kappa shape index (κ1) is 38.7. The Balaban J connectivity index is -0.00000000167. The molecule has 0 aliphatic rings. The average molecular weight is 168 g/mol. The molecule has 0 aromatic rings. The second-order valence-electron chi connectivity index (χ2n) is 0. The van der Waals surface area contributed by atoms with Crippen LogP contribution in [0, 0.1) is 0 Å². The van der Waals surface area contributed by atoms with Crippen molar-refractivity contribution in [2.75, 3.05) is 0 Å². The summed E-state index contributed by atoms with van der Waals surface area (Å²) in [5.74, 6) is 0. The number of hydrogen-bond donors (Lipinski definition) is 0. The molecule has 0 aromatic heterocycles. The molecular weight excluding hydrogens is 164 g/mol. The molecule has 5 heteroatoms. The SMILES string of the molecule is O.O.[O]=[V].[Zn]. The van der Waals surface area contributed by atoms with E-state index in [1.807, 2.05) is 0 Å². The van der Waals surface area contributed by atoms with Gasteiger partial charge in [0.05, 0.1) is 0 Å². The fourth-order valence-corrected chi connectivity index (χ4v) is 0. The molecule has 0 rings (SSSR count). The molecule has 0 atom stereocenters. The average Bonchev–Trinajstić information content (AvgIpc) is 1.00. The van der Waals surface area contributed by atoms with Gasteiger partial charge in [-0.2, -0.15) is 0 Å². The van der Waals surface area contributed by atoms with Crippen molar-refractivity contribution < 1.29 is 51.5 Å². The van der Waals surface area contributed by atoms with Gasteiger partial charge >= 0.3 is 21.0 Å². The van der Waals surface area contributed by atoms with E-state index in [1.165, 1.54) is 0 Å². The fourth-order valence-electron chi connectivity index (χ4n) is 0. The van der Waals surface area contributed by atoms with E-state index in [1.54, 1.807) is 0 Å². The van der Waals surface area contributed by atoms with Gasteiger partial charge in [-0.05, 0) is 0 Å². The van der Waals surface area contributed by atoms with Crippen LogP contribution in [0.4, 0.5) is 0 Å². The standard InChI is InChI=1S/2H2O.O.V.Zn/h2*1H2;;;. The van der Waals surface area contributed by atoms with Gasteiger partial charge in [0.1, 0.15) is 0 Å². The van der Waals surface area contributed by atoms with Crippen molar-refractivity contribution in [1.82, 2.24) is 0 Å². The van der Waals surface area contributed by atoms with Crippen molar-refractivity contribution in [3.05, 3.63) is 0 Å². The predicted octanol–water partition coefficient (Wildman–Crippen LogP) is -1.77. The van der Waals surface area contributed by atoms with E-state index in [-0.39, 0.29) is 30.4 Å². The molecule has 0 aromatic carbocycles. The van der Waals surface area contributed by atoms with Crippen LogP contribution >= 0.6 is 0 Å². The minimum absolute atomic E-state index is 0. The van der Waals surface area contributed by atoms with Gasteiger partial charge < -0.3 is 11.0 Å². The Kier molecular flexibility index (Phi) is 684. The fraction of sp³-hybridized carbons (Fsp3) is 0. The van der Waals surface area contributed by atoms with E-state index in [2.05, 4.69) is 0 Å². The number of hydrogen-bond acceptors (Lipinski definition) is 1. The summed E-state index contributed by atoms with van der Waals surface area (Å²) in [5, 5.41) is 0. The van der Waals surface area contributed by atoms with Crippen LogP contribution in [0.3, 0.4) is 0 Å². The molecule has 0 bridgehead atoms. The molecule has 0 saturated heterocycles. The molecule has 0 radical (unpaired) electrons. The molecule has 4 N–H and O–H groups in total. The summed E-state index contributed by atoms with van der Waals surface area (Å²) in [7, 11) is 0. The molecule has 0 spiro atoms. The Bertz CT molecular complexity index is 6.85. The minimum Gasteiger partial charge on any atom is 0 e. The maximum Gasteiger partial charge on any atom is 0 e. The van der Waals surface area contributed by atoms with Gasteiger partial charge in [0.15, 0.2) is 0 Å². The van der Waals surface area contributed by atoms with Gasteiger partial charge in [-0.15, -0.1) is 0 Å². The third-order valence-electron chi connectivity index (χ3n) is 0. The Morgan fingerprint density at radius 2 is 1.00 bits per heavy atom. The smallest absolute Gasteiger partial charge is 0 e. The Morgan fingerprint density at radius 1 is 1.00 bits per heavy atom. The first-order valence-corrected chi connectivity index (χ1v) is 0.753. The van der Waals surface area contributed by atoms with Crippen molar-refractivity contribution in [2.45, 2.75) is 0 Å². The summed E-state index contributed by atoms with van der Waals surface area (Å²) in [6, 6.07) is 0. The van der Waals surface area contributed by atoms with Crippen LogP contribution in [0.2, 0.25) is 0 Å². The first-order chi connectivity index (χ1) is 1.00. The molecule has 0 saturated carbocycles. The molecule has 5 heavy (non-hydrogen) atoms. The normalized spacial score (nSPS) is 0.600. The van der Waals surface area contributed by atoms with Crippen LogP contribution in [0.1, 0.15) is 0 Å². The maximum absolute atomic E-state index is 8.19. The van der Waals surface area contributed by atoms with Crippen molar-refractivity contribution in [2.24, 2.45) is 0 Å². The molecule has 0 aliphatic carbocycles. The molecule has 0 amide bonds. The van der Waals surface area contributed by atoms with Gasteiger partial charge in [0.25, 0.3) is 0 Å². The summed E-state index contributed by atoms with van der Waals surface area (Å²) >= 11 is 1.06. The van der Waals surface area contributed by atoms with E-state index in [4.69, 9.17) is 3.67 Å². The molecule has 3 nitrogen and oxygen atoms in total. The molecule has 0 fully saturated rings. The van der Waals surface area contributed by atoms with Crippen molar-refractivity contribution in [3.63, 3.8) is 0 Å². The summed E-state index contributed by atoms with van der Waals surface area (Å²) < 4.78 is 8.19. The molecule has 0 aliphatic heterocycles. The summed E-state index contributed by atoms with van der Waals surface area (Å²) in [6.45, 7) is 0. The topological polar surface area (TPSA) is 80.1 Å². The van der Waals surface area contributed by atoms with Crippen molar-refractivity contribution >= 4 is 0 Å². The third kappa shape index (κ3) is 49.1. The Morgan fingerprint density at radius 3 is 1.00 bits per heavy atom. The van der Waals surface area contributed by atoms with E-state index in [0.717, 1.165) is 17.4 Å². The van der Waals surface area contributed by atoms with E-state index in [9.17, 15) is 0 Å². The maximum atomic E-state index is 8.19. The van der Waals surface area contributed by atoms with Crippen LogP contribution in [-0.4, -0.2) is 11.0 Å². The van der Waals surface area contributed by atoms with Crippen LogP contribution in [0.25, 0.3) is 0 Å². The third-order valence-corrected chi connectivity index (χ3v) is 0. The summed E-state index contributed by atoms with van der Waals surface area (Å²) in [4.78, 5) is 0. The number of rotatable bonds is 0. The van der Waals surface area contributed by atoms with E-state index < -0.39 is 0 Å². The van der Waals surface area contributed by atoms with Crippen LogP contribution in [-0.2, 0) is 40.5 Å². The zero-order chi connectivity index (χ0) is 2.00. The monoisotopic (exact) mass is 167 g/mol. The molecule has 29 valence electrons. The Hall–Kier alpha value is 0.928. The largest absolute Gasteiger partial charge is 0 e. The van der Waals surface area contributed by atoms with Crippen molar-refractivity contribution in [1.29, 1.82) is 0 Å².